The van der Waals surface area contributed by atoms with Crippen molar-refractivity contribution in [3.8, 4) is 0 Å². The average Bonchev–Trinajstić information content (AvgIpc) is 2.95. The molecule has 0 atom stereocenters. The number of esters is 1. The summed E-state index contributed by atoms with van der Waals surface area (Å²) in [7, 11) is 1.27. The van der Waals surface area contributed by atoms with Gasteiger partial charge in [0.1, 0.15) is 0 Å². The van der Waals surface area contributed by atoms with Gasteiger partial charge in [0.15, 0.2) is 0 Å². The molecule has 0 fully saturated rings. The van der Waals surface area contributed by atoms with E-state index in [9.17, 15) is 19.2 Å². The number of hydrogen-bond acceptors (Lipinski definition) is 5. The molecule has 0 radical (unpaired) electrons. The number of methoxy groups -OCH3 is 1. The minimum atomic E-state index is -0.556. The Morgan fingerprint density at radius 1 is 1.07 bits per heavy atom. The van der Waals surface area contributed by atoms with Crippen molar-refractivity contribution in [1.29, 1.82) is 0 Å². The number of hydrogen-bond donors (Lipinski definition) is 1. The molecular weight excluding hydrogens is 372 g/mol. The number of benzene rings is 2. The zero-order chi connectivity index (χ0) is 21.1. The Morgan fingerprint density at radius 2 is 1.79 bits per heavy atom. The van der Waals surface area contributed by atoms with Crippen molar-refractivity contribution in [3.63, 3.8) is 0 Å². The second-order valence-electron chi connectivity index (χ2n) is 6.82. The van der Waals surface area contributed by atoms with Crippen LogP contribution in [0.2, 0.25) is 0 Å². The Balaban J connectivity index is 1.88. The smallest absolute Gasteiger partial charge is 0.340 e. The Hall–Kier alpha value is -3.48. The van der Waals surface area contributed by atoms with Crippen molar-refractivity contribution in [1.82, 2.24) is 4.90 Å². The lowest BCUT2D eigenvalue weighted by Crippen LogP contribution is -2.30. The predicted octanol–water partition coefficient (Wildman–Crippen LogP) is 3.43. The molecule has 3 amide bonds. The van der Waals surface area contributed by atoms with Crippen molar-refractivity contribution in [2.24, 2.45) is 0 Å². The number of aryl methyl sites for hydroxylation is 1. The maximum Gasteiger partial charge on any atom is 0.340 e. The molecule has 0 unspecified atom stereocenters. The van der Waals surface area contributed by atoms with Gasteiger partial charge >= 0.3 is 5.97 Å². The Morgan fingerprint density at radius 3 is 2.48 bits per heavy atom. The van der Waals surface area contributed by atoms with Crippen LogP contribution in [-0.4, -0.2) is 42.2 Å². The molecule has 1 N–H and O–H groups in total. The van der Waals surface area contributed by atoms with Crippen LogP contribution in [-0.2, 0) is 4.74 Å². The van der Waals surface area contributed by atoms with Gasteiger partial charge in [-0.1, -0.05) is 25.5 Å². The molecule has 0 saturated carbocycles. The van der Waals surface area contributed by atoms with E-state index in [4.69, 9.17) is 4.74 Å². The van der Waals surface area contributed by atoms with Gasteiger partial charge in [-0.2, -0.15) is 0 Å². The molecule has 7 heteroatoms. The molecule has 0 aliphatic carbocycles. The predicted molar refractivity (Wildman–Crippen MR) is 107 cm³/mol. The molecule has 0 aromatic heterocycles. The van der Waals surface area contributed by atoms with Gasteiger partial charge in [-0.15, -0.1) is 0 Å². The van der Waals surface area contributed by atoms with Crippen molar-refractivity contribution >= 4 is 29.4 Å². The molecule has 0 saturated heterocycles. The summed E-state index contributed by atoms with van der Waals surface area (Å²) >= 11 is 0. The van der Waals surface area contributed by atoms with E-state index < -0.39 is 11.9 Å². The first-order chi connectivity index (χ1) is 13.9. The lowest BCUT2D eigenvalue weighted by atomic mass is 10.0. The number of carbonyl (C=O) groups is 4. The number of rotatable bonds is 6. The zero-order valence-corrected chi connectivity index (χ0v) is 16.6. The fraction of sp³-hybridized carbons (Fsp3) is 0.273. The van der Waals surface area contributed by atoms with Crippen molar-refractivity contribution < 1.29 is 23.9 Å². The zero-order valence-electron chi connectivity index (χ0n) is 16.6. The van der Waals surface area contributed by atoms with Gasteiger partial charge in [0.2, 0.25) is 0 Å². The van der Waals surface area contributed by atoms with Crippen molar-refractivity contribution in [2.75, 3.05) is 19.0 Å². The van der Waals surface area contributed by atoms with E-state index in [0.717, 1.165) is 12.8 Å². The third-order valence-corrected chi connectivity index (χ3v) is 4.88. The molecular formula is C22H22N2O5. The van der Waals surface area contributed by atoms with Gasteiger partial charge in [-0.3, -0.25) is 19.3 Å². The maximum absolute atomic E-state index is 12.8. The van der Waals surface area contributed by atoms with Crippen LogP contribution in [0.1, 0.15) is 66.8 Å². The molecule has 1 aliphatic heterocycles. The summed E-state index contributed by atoms with van der Waals surface area (Å²) in [5.41, 5.74) is 1.98. The number of anilines is 1. The summed E-state index contributed by atoms with van der Waals surface area (Å²) in [4.78, 5) is 51.1. The molecule has 1 heterocycles. The minimum absolute atomic E-state index is 0.219. The quantitative estimate of drug-likeness (QED) is 0.599. The molecule has 3 rings (SSSR count). The molecule has 0 bridgehead atoms. The second-order valence-corrected chi connectivity index (χ2v) is 6.82. The number of nitrogens with zero attached hydrogens (tertiary/aromatic N) is 1. The Labute approximate surface area is 168 Å². The largest absolute Gasteiger partial charge is 0.465 e. The minimum Gasteiger partial charge on any atom is -0.465 e. The molecule has 1 aliphatic rings. The van der Waals surface area contributed by atoms with E-state index >= 15 is 0 Å². The van der Waals surface area contributed by atoms with Gasteiger partial charge in [0.25, 0.3) is 17.7 Å². The Bertz CT molecular complexity index is 1010. The van der Waals surface area contributed by atoms with Crippen molar-refractivity contribution in [2.45, 2.75) is 26.7 Å². The van der Waals surface area contributed by atoms with Crippen LogP contribution in [0.5, 0.6) is 0 Å². The van der Waals surface area contributed by atoms with Crippen LogP contribution in [0.25, 0.3) is 0 Å². The summed E-state index contributed by atoms with van der Waals surface area (Å²) in [5, 5.41) is 2.70. The third kappa shape index (κ3) is 3.76. The van der Waals surface area contributed by atoms with Gasteiger partial charge in [0, 0.05) is 12.1 Å². The first-order valence-electron chi connectivity index (χ1n) is 9.38. The van der Waals surface area contributed by atoms with E-state index in [1.54, 1.807) is 25.1 Å². The summed E-state index contributed by atoms with van der Waals surface area (Å²) in [6.07, 6.45) is 1.59. The standard InChI is InChI=1S/C22H22N2O5/c1-4-5-11-24-20(26)15-10-9-14(12-16(15)21(24)27)19(25)23-17-8-6-7-13(2)18(17)22(28)29-3/h6-10,12H,4-5,11H2,1-3H3,(H,23,25). The molecule has 150 valence electrons. The maximum atomic E-state index is 12.8. The van der Waals surface area contributed by atoms with Crippen LogP contribution < -0.4 is 5.32 Å². The molecule has 2 aromatic carbocycles. The summed E-state index contributed by atoms with van der Waals surface area (Å²) in [6, 6.07) is 9.47. The number of imide groups is 1. The highest BCUT2D eigenvalue weighted by Crippen LogP contribution is 2.26. The van der Waals surface area contributed by atoms with Crippen LogP contribution in [0.3, 0.4) is 0 Å². The number of amides is 3. The number of unbranched alkanes of at least 4 members (excludes halogenated alkanes) is 1. The fourth-order valence-corrected chi connectivity index (χ4v) is 3.29. The summed E-state index contributed by atoms with van der Waals surface area (Å²) < 4.78 is 4.80. The topological polar surface area (TPSA) is 92.8 Å². The second kappa shape index (κ2) is 8.26. The summed E-state index contributed by atoms with van der Waals surface area (Å²) in [6.45, 7) is 4.08. The van der Waals surface area contributed by atoms with Crippen LogP contribution >= 0.6 is 0 Å². The molecule has 29 heavy (non-hydrogen) atoms. The van der Waals surface area contributed by atoms with Gasteiger partial charge in [-0.05, 0) is 43.2 Å². The highest BCUT2D eigenvalue weighted by Gasteiger charge is 2.35. The van der Waals surface area contributed by atoms with E-state index in [2.05, 4.69) is 5.32 Å². The number of nitrogens with one attached hydrogen (secondary N) is 1. The average molecular weight is 394 g/mol. The van der Waals surface area contributed by atoms with Crippen molar-refractivity contribution in [3.05, 3.63) is 64.2 Å². The SMILES string of the molecule is CCCCN1C(=O)c2ccc(C(=O)Nc3cccc(C)c3C(=O)OC)cc2C1=O. The number of ether oxygens (including phenoxy) is 1. The lowest BCUT2D eigenvalue weighted by Gasteiger charge is -2.12. The van der Waals surface area contributed by atoms with E-state index in [1.165, 1.54) is 30.2 Å². The number of carbonyl (C=O) groups excluding carboxylic acids is 4. The lowest BCUT2D eigenvalue weighted by molar-refractivity contribution is 0.0598. The monoisotopic (exact) mass is 394 g/mol. The van der Waals surface area contributed by atoms with Crippen LogP contribution in [0.15, 0.2) is 36.4 Å². The summed E-state index contributed by atoms with van der Waals surface area (Å²) in [5.74, 6) is -1.77. The van der Waals surface area contributed by atoms with Crippen LogP contribution in [0.4, 0.5) is 5.69 Å². The highest BCUT2D eigenvalue weighted by molar-refractivity contribution is 6.22. The number of fused-ring (bicyclic) bond motifs is 1. The van der Waals surface area contributed by atoms with E-state index in [-0.39, 0.29) is 28.5 Å². The van der Waals surface area contributed by atoms with Gasteiger partial charge in [0.05, 0.1) is 29.5 Å². The molecule has 2 aromatic rings. The first kappa shape index (κ1) is 20.3. The normalized spacial score (nSPS) is 12.7. The van der Waals surface area contributed by atoms with Gasteiger partial charge < -0.3 is 10.1 Å². The van der Waals surface area contributed by atoms with Crippen LogP contribution in [0, 0.1) is 6.92 Å². The molecule has 0 spiro atoms. The molecule has 7 nitrogen and oxygen atoms in total. The van der Waals surface area contributed by atoms with Gasteiger partial charge in [-0.25, -0.2) is 4.79 Å². The first-order valence-corrected chi connectivity index (χ1v) is 9.38. The van der Waals surface area contributed by atoms with E-state index in [0.29, 0.717) is 23.4 Å². The van der Waals surface area contributed by atoms with E-state index in [1.807, 2.05) is 6.92 Å². The fourth-order valence-electron chi connectivity index (χ4n) is 3.29. The Kier molecular flexibility index (Phi) is 5.77. The highest BCUT2D eigenvalue weighted by atomic mass is 16.5. The third-order valence-electron chi connectivity index (χ3n) is 4.88.